The minimum absolute atomic E-state index is 0.571. The Labute approximate surface area is 143 Å². The first-order valence-electron chi connectivity index (χ1n) is 7.56. The molecular formula is C18H13N5S. The highest BCUT2D eigenvalue weighted by molar-refractivity contribution is 7.16. The van der Waals surface area contributed by atoms with E-state index >= 15 is 0 Å². The first-order chi connectivity index (χ1) is 11.7. The van der Waals surface area contributed by atoms with E-state index in [9.17, 15) is 10.5 Å². The number of thiophene rings is 1. The largest absolute Gasteiger partial charge is 0.389 e. The summed E-state index contributed by atoms with van der Waals surface area (Å²) in [6.45, 7) is 1.41. The van der Waals surface area contributed by atoms with E-state index in [1.165, 1.54) is 11.3 Å². The van der Waals surface area contributed by atoms with Crippen LogP contribution in [0.25, 0.3) is 10.9 Å². The maximum absolute atomic E-state index is 9.51. The molecule has 24 heavy (non-hydrogen) atoms. The first kappa shape index (κ1) is 14.5. The van der Waals surface area contributed by atoms with Crippen LogP contribution in [-0.2, 0) is 13.0 Å². The number of pyridine rings is 1. The van der Waals surface area contributed by atoms with Gasteiger partial charge in [-0.25, -0.2) is 0 Å². The fraction of sp³-hybridized carbons (Fsp3) is 0.167. The third kappa shape index (κ3) is 2.09. The average molecular weight is 331 g/mol. The van der Waals surface area contributed by atoms with Gasteiger partial charge in [0.25, 0.3) is 0 Å². The SMILES string of the molecule is N#Cc1cnc2ccccc2c1N1CCc2c(sc(N)c2C#N)C1. The Morgan fingerprint density at radius 2 is 2.04 bits per heavy atom. The van der Waals surface area contributed by atoms with Crippen molar-refractivity contribution >= 4 is 32.9 Å². The second-order valence-electron chi connectivity index (χ2n) is 5.68. The van der Waals surface area contributed by atoms with E-state index < -0.39 is 0 Å². The van der Waals surface area contributed by atoms with Gasteiger partial charge in [0.1, 0.15) is 17.1 Å². The van der Waals surface area contributed by atoms with Crippen LogP contribution in [0.1, 0.15) is 21.6 Å². The molecule has 0 bridgehead atoms. The summed E-state index contributed by atoms with van der Waals surface area (Å²) in [6.07, 6.45) is 2.39. The van der Waals surface area contributed by atoms with Gasteiger partial charge in [0.15, 0.2) is 0 Å². The first-order valence-corrected chi connectivity index (χ1v) is 8.37. The molecule has 0 atom stereocenters. The Hall–Kier alpha value is -3.09. The molecule has 0 saturated carbocycles. The molecule has 0 fully saturated rings. The van der Waals surface area contributed by atoms with E-state index in [-0.39, 0.29) is 0 Å². The van der Waals surface area contributed by atoms with Crippen molar-refractivity contribution in [3.63, 3.8) is 0 Å². The molecule has 5 nitrogen and oxygen atoms in total. The smallest absolute Gasteiger partial charge is 0.104 e. The quantitative estimate of drug-likeness (QED) is 0.739. The van der Waals surface area contributed by atoms with Crippen LogP contribution in [0.5, 0.6) is 0 Å². The van der Waals surface area contributed by atoms with Crippen LogP contribution in [-0.4, -0.2) is 11.5 Å². The normalized spacial score (nSPS) is 13.3. The van der Waals surface area contributed by atoms with Crippen LogP contribution in [0, 0.1) is 22.7 Å². The van der Waals surface area contributed by atoms with E-state index in [2.05, 4.69) is 22.0 Å². The molecule has 6 heteroatoms. The summed E-state index contributed by atoms with van der Waals surface area (Å²) in [4.78, 5) is 7.68. The molecular weight excluding hydrogens is 318 g/mol. The third-order valence-electron chi connectivity index (χ3n) is 4.38. The molecule has 0 spiro atoms. The number of para-hydroxylation sites is 1. The van der Waals surface area contributed by atoms with Gasteiger partial charge in [0.2, 0.25) is 0 Å². The van der Waals surface area contributed by atoms with E-state index in [1.807, 2.05) is 24.3 Å². The van der Waals surface area contributed by atoms with Crippen LogP contribution < -0.4 is 10.6 Å². The van der Waals surface area contributed by atoms with Crippen LogP contribution in [0.15, 0.2) is 30.5 Å². The lowest BCUT2D eigenvalue weighted by molar-refractivity contribution is 0.745. The van der Waals surface area contributed by atoms with E-state index in [4.69, 9.17) is 5.73 Å². The number of rotatable bonds is 1. The van der Waals surface area contributed by atoms with Gasteiger partial charge in [0, 0.05) is 23.0 Å². The monoisotopic (exact) mass is 331 g/mol. The predicted molar refractivity (Wildman–Crippen MR) is 94.7 cm³/mol. The molecule has 3 aromatic rings. The van der Waals surface area contributed by atoms with Gasteiger partial charge in [-0.1, -0.05) is 18.2 Å². The third-order valence-corrected chi connectivity index (χ3v) is 5.43. The van der Waals surface area contributed by atoms with Crippen molar-refractivity contribution in [3.8, 4) is 12.1 Å². The summed E-state index contributed by atoms with van der Waals surface area (Å²) in [5.41, 5.74) is 10.0. The van der Waals surface area contributed by atoms with Crippen molar-refractivity contribution in [2.75, 3.05) is 17.2 Å². The van der Waals surface area contributed by atoms with Gasteiger partial charge in [-0.15, -0.1) is 11.3 Å². The Bertz CT molecular complexity index is 1040. The summed E-state index contributed by atoms with van der Waals surface area (Å²) in [7, 11) is 0. The van der Waals surface area contributed by atoms with Gasteiger partial charge in [0.05, 0.1) is 28.9 Å². The zero-order chi connectivity index (χ0) is 16.7. The number of nitrogens with two attached hydrogens (primary N) is 1. The van der Waals surface area contributed by atoms with E-state index in [0.717, 1.165) is 40.0 Å². The summed E-state index contributed by atoms with van der Waals surface area (Å²) < 4.78 is 0. The minimum Gasteiger partial charge on any atom is -0.389 e. The number of anilines is 2. The second-order valence-corrected chi connectivity index (χ2v) is 6.81. The number of hydrogen-bond donors (Lipinski definition) is 1. The number of nitrogen functional groups attached to an aromatic ring is 1. The van der Waals surface area contributed by atoms with Crippen molar-refractivity contribution in [1.29, 1.82) is 10.5 Å². The second kappa shape index (κ2) is 5.52. The number of hydrogen-bond acceptors (Lipinski definition) is 6. The van der Waals surface area contributed by atoms with Gasteiger partial charge in [-0.2, -0.15) is 10.5 Å². The predicted octanol–water partition coefficient (Wildman–Crippen LogP) is 3.18. The van der Waals surface area contributed by atoms with Crippen LogP contribution >= 0.6 is 11.3 Å². The Morgan fingerprint density at radius 3 is 2.83 bits per heavy atom. The topological polar surface area (TPSA) is 89.7 Å². The molecule has 1 aromatic carbocycles. The molecule has 0 saturated heterocycles. The van der Waals surface area contributed by atoms with Crippen molar-refractivity contribution < 1.29 is 0 Å². The fourth-order valence-corrected chi connectivity index (χ4v) is 4.37. The van der Waals surface area contributed by atoms with Crippen LogP contribution in [0.4, 0.5) is 10.7 Å². The number of benzene rings is 1. The molecule has 0 amide bonds. The van der Waals surface area contributed by atoms with Crippen molar-refractivity contribution in [3.05, 3.63) is 52.0 Å². The van der Waals surface area contributed by atoms with Crippen LogP contribution in [0.2, 0.25) is 0 Å². The number of nitrogens with zero attached hydrogens (tertiary/aromatic N) is 4. The number of aromatic nitrogens is 1. The molecule has 2 aromatic heterocycles. The van der Waals surface area contributed by atoms with Gasteiger partial charge in [-0.3, -0.25) is 4.98 Å². The van der Waals surface area contributed by atoms with Crippen molar-refractivity contribution in [1.82, 2.24) is 4.98 Å². The highest BCUT2D eigenvalue weighted by Gasteiger charge is 2.26. The average Bonchev–Trinajstić information content (AvgIpc) is 2.94. The van der Waals surface area contributed by atoms with E-state index in [0.29, 0.717) is 22.7 Å². The Morgan fingerprint density at radius 1 is 1.21 bits per heavy atom. The lowest BCUT2D eigenvalue weighted by atomic mass is 10.0. The number of fused-ring (bicyclic) bond motifs is 2. The minimum atomic E-state index is 0.571. The summed E-state index contributed by atoms with van der Waals surface area (Å²) >= 11 is 1.47. The highest BCUT2D eigenvalue weighted by atomic mass is 32.1. The standard InChI is InChI=1S/C18H13N5S/c19-7-11-9-22-15-4-2-1-3-13(15)17(11)23-6-5-12-14(8-20)18(21)24-16(12)10-23/h1-4,9H,5-6,10,21H2. The zero-order valence-corrected chi connectivity index (χ0v) is 13.6. The molecule has 1 aliphatic heterocycles. The zero-order valence-electron chi connectivity index (χ0n) is 12.8. The van der Waals surface area contributed by atoms with Crippen LogP contribution in [0.3, 0.4) is 0 Å². The van der Waals surface area contributed by atoms with Crippen molar-refractivity contribution in [2.24, 2.45) is 0 Å². The van der Waals surface area contributed by atoms with Gasteiger partial charge in [-0.05, 0) is 18.1 Å². The molecule has 4 rings (SSSR count). The molecule has 116 valence electrons. The Kier molecular flexibility index (Phi) is 3.34. The van der Waals surface area contributed by atoms with Gasteiger partial charge >= 0.3 is 0 Å². The lowest BCUT2D eigenvalue weighted by Gasteiger charge is -2.30. The summed E-state index contributed by atoms with van der Waals surface area (Å²) in [6, 6.07) is 12.3. The van der Waals surface area contributed by atoms with Crippen molar-refractivity contribution in [2.45, 2.75) is 13.0 Å². The maximum Gasteiger partial charge on any atom is 0.104 e. The van der Waals surface area contributed by atoms with Gasteiger partial charge < -0.3 is 10.6 Å². The summed E-state index contributed by atoms with van der Waals surface area (Å²) in [5.74, 6) is 0. The molecule has 1 aliphatic rings. The molecule has 3 heterocycles. The molecule has 0 radical (unpaired) electrons. The Balaban J connectivity index is 1.85. The lowest BCUT2D eigenvalue weighted by Crippen LogP contribution is -2.30. The fourth-order valence-electron chi connectivity index (χ4n) is 3.29. The molecule has 0 aliphatic carbocycles. The summed E-state index contributed by atoms with van der Waals surface area (Å²) in [5, 5.41) is 20.4. The molecule has 2 N–H and O–H groups in total. The molecule has 0 unspecified atom stereocenters. The highest BCUT2D eigenvalue weighted by Crippen LogP contribution is 2.38. The maximum atomic E-state index is 9.51. The van der Waals surface area contributed by atoms with E-state index in [1.54, 1.807) is 6.20 Å². The number of nitriles is 2.